The Morgan fingerprint density at radius 3 is 2.66 bits per heavy atom. The minimum Gasteiger partial charge on any atom is -0.506 e. The lowest BCUT2D eigenvalue weighted by molar-refractivity contribution is -0.0974. The topological polar surface area (TPSA) is 148 Å². The molecule has 1 aliphatic carbocycles. The number of aromatic nitrogens is 1. The van der Waals surface area contributed by atoms with Gasteiger partial charge in [0.25, 0.3) is 21.5 Å². The second-order valence-electron chi connectivity index (χ2n) is 9.29. The minimum absolute atomic E-state index is 0.0600. The number of nitrogens with one attached hydrogen (secondary N) is 2. The number of hydrogen-bond acceptors (Lipinski definition) is 8. The predicted octanol–water partition coefficient (Wildman–Crippen LogP) is 2.42. The van der Waals surface area contributed by atoms with E-state index in [1.807, 2.05) is 0 Å². The first-order valence-electron chi connectivity index (χ1n) is 12.2. The van der Waals surface area contributed by atoms with Gasteiger partial charge in [0, 0.05) is 31.7 Å². The highest BCUT2D eigenvalue weighted by molar-refractivity contribution is 7.90. The molecule has 0 unspecified atom stereocenters. The maximum Gasteiger partial charge on any atom is 0.286 e. The lowest BCUT2D eigenvalue weighted by atomic mass is 10.1. The van der Waals surface area contributed by atoms with E-state index in [0.29, 0.717) is 23.4 Å². The standard InChI is InChI=1S/C26H28N4O7S/c1-36-21(37-2)14-27-25(32)16-9-10-18-20(13-16)38(34,35)29-24(28-18)22-23(31)17-5-3-4-6-19(17)30(26(22)33)12-11-15-7-8-15/h3-6,9-10,13,15,21,31H,7-8,11-12,14H2,1-2H3,(H,27,32)(H,28,29). The molecule has 38 heavy (non-hydrogen) atoms. The Bertz CT molecular complexity index is 1610. The molecular formula is C26H28N4O7S. The first-order chi connectivity index (χ1) is 18.2. The molecule has 1 saturated carbocycles. The number of hydrogen-bond donors (Lipinski definition) is 3. The van der Waals surface area contributed by atoms with Crippen molar-refractivity contribution < 1.29 is 27.8 Å². The highest BCUT2D eigenvalue weighted by Gasteiger charge is 2.31. The van der Waals surface area contributed by atoms with Crippen LogP contribution in [-0.4, -0.2) is 56.9 Å². The summed E-state index contributed by atoms with van der Waals surface area (Å²) in [5.41, 5.74) is 0.0395. The number of carbonyl (C=O) groups excluding carboxylic acids is 1. The van der Waals surface area contributed by atoms with Gasteiger partial charge < -0.3 is 29.8 Å². The number of aromatic hydroxyl groups is 1. The number of sulfonamides is 1. The highest BCUT2D eigenvalue weighted by Crippen LogP contribution is 2.35. The molecule has 2 aromatic carbocycles. The number of ether oxygens (including phenoxy) is 2. The average Bonchev–Trinajstić information content (AvgIpc) is 3.73. The fourth-order valence-electron chi connectivity index (χ4n) is 4.49. The summed E-state index contributed by atoms with van der Waals surface area (Å²) in [5, 5.41) is 17.0. The second kappa shape index (κ2) is 10.2. The fraction of sp³-hybridized carbons (Fsp3) is 0.346. The summed E-state index contributed by atoms with van der Waals surface area (Å²) in [6.07, 6.45) is 2.41. The molecule has 1 aromatic heterocycles. The molecule has 11 nitrogen and oxygen atoms in total. The van der Waals surface area contributed by atoms with Crippen molar-refractivity contribution in [2.75, 3.05) is 26.1 Å². The normalized spacial score (nSPS) is 16.1. The van der Waals surface area contributed by atoms with E-state index in [0.717, 1.165) is 19.3 Å². The van der Waals surface area contributed by atoms with E-state index < -0.39 is 27.8 Å². The van der Waals surface area contributed by atoms with E-state index in [1.165, 1.54) is 32.4 Å². The molecule has 0 bridgehead atoms. The van der Waals surface area contributed by atoms with Gasteiger partial charge in [0.1, 0.15) is 16.2 Å². The number of rotatable bonds is 9. The molecule has 2 heterocycles. The third-order valence-electron chi connectivity index (χ3n) is 6.78. The molecule has 1 fully saturated rings. The zero-order chi connectivity index (χ0) is 27.0. The predicted molar refractivity (Wildman–Crippen MR) is 141 cm³/mol. The summed E-state index contributed by atoms with van der Waals surface area (Å²) in [6.45, 7) is 0.504. The number of nitrogens with zero attached hydrogens (tertiary/aromatic N) is 2. The van der Waals surface area contributed by atoms with Crippen molar-refractivity contribution in [3.05, 3.63) is 63.9 Å². The van der Waals surface area contributed by atoms with Gasteiger partial charge in [0.2, 0.25) is 0 Å². The van der Waals surface area contributed by atoms with E-state index in [4.69, 9.17) is 9.47 Å². The van der Waals surface area contributed by atoms with Gasteiger partial charge >= 0.3 is 0 Å². The van der Waals surface area contributed by atoms with Crippen LogP contribution in [0.1, 0.15) is 35.2 Å². The number of amides is 1. The number of benzene rings is 2. The third kappa shape index (κ3) is 4.89. The summed E-state index contributed by atoms with van der Waals surface area (Å²) in [4.78, 5) is 25.9. The number of amidine groups is 1. The van der Waals surface area contributed by atoms with E-state index in [-0.39, 0.29) is 39.8 Å². The number of anilines is 1. The smallest absolute Gasteiger partial charge is 0.286 e. The maximum absolute atomic E-state index is 13.6. The van der Waals surface area contributed by atoms with Crippen LogP contribution in [0.25, 0.3) is 10.9 Å². The number of para-hydroxylation sites is 1. The van der Waals surface area contributed by atoms with Gasteiger partial charge in [-0.15, -0.1) is 4.40 Å². The second-order valence-corrected chi connectivity index (χ2v) is 10.9. The van der Waals surface area contributed by atoms with Crippen molar-refractivity contribution in [1.29, 1.82) is 0 Å². The molecule has 0 spiro atoms. The molecule has 2 aliphatic rings. The van der Waals surface area contributed by atoms with Gasteiger partial charge in [0.05, 0.1) is 17.7 Å². The van der Waals surface area contributed by atoms with Crippen molar-refractivity contribution in [2.45, 2.75) is 37.0 Å². The van der Waals surface area contributed by atoms with Crippen LogP contribution in [0.3, 0.4) is 0 Å². The largest absolute Gasteiger partial charge is 0.506 e. The summed E-state index contributed by atoms with van der Waals surface area (Å²) in [6, 6.07) is 11.0. The van der Waals surface area contributed by atoms with Crippen LogP contribution in [0.2, 0.25) is 0 Å². The van der Waals surface area contributed by atoms with Crippen LogP contribution in [0.5, 0.6) is 5.75 Å². The summed E-state index contributed by atoms with van der Waals surface area (Å²) >= 11 is 0. The van der Waals surface area contributed by atoms with E-state index in [2.05, 4.69) is 15.0 Å². The first-order valence-corrected chi connectivity index (χ1v) is 13.6. The van der Waals surface area contributed by atoms with Crippen LogP contribution in [-0.2, 0) is 26.0 Å². The van der Waals surface area contributed by atoms with Gasteiger partial charge in [-0.2, -0.15) is 8.42 Å². The van der Waals surface area contributed by atoms with Crippen LogP contribution >= 0.6 is 0 Å². The van der Waals surface area contributed by atoms with Gasteiger partial charge in [-0.3, -0.25) is 9.59 Å². The average molecular weight is 541 g/mol. The Hall–Kier alpha value is -3.74. The van der Waals surface area contributed by atoms with Crippen molar-refractivity contribution in [3.8, 4) is 5.75 Å². The van der Waals surface area contributed by atoms with Crippen LogP contribution < -0.4 is 16.2 Å². The molecule has 0 saturated heterocycles. The first kappa shape index (κ1) is 25.9. The summed E-state index contributed by atoms with van der Waals surface area (Å²) in [5.74, 6) is -0.578. The Kier molecular flexibility index (Phi) is 6.95. The molecule has 0 atom stereocenters. The highest BCUT2D eigenvalue weighted by atomic mass is 32.2. The minimum atomic E-state index is -4.31. The van der Waals surface area contributed by atoms with Gasteiger partial charge in [-0.05, 0) is 42.7 Å². The van der Waals surface area contributed by atoms with E-state index in [1.54, 1.807) is 28.8 Å². The van der Waals surface area contributed by atoms with Crippen LogP contribution in [0.15, 0.2) is 56.6 Å². The van der Waals surface area contributed by atoms with Crippen molar-refractivity contribution in [1.82, 2.24) is 9.88 Å². The Balaban J connectivity index is 1.52. The third-order valence-corrected chi connectivity index (χ3v) is 8.10. The van der Waals surface area contributed by atoms with Gasteiger partial charge in [-0.1, -0.05) is 25.0 Å². The van der Waals surface area contributed by atoms with Crippen molar-refractivity contribution in [3.63, 3.8) is 0 Å². The monoisotopic (exact) mass is 540 g/mol. The molecule has 200 valence electrons. The number of carbonyl (C=O) groups is 1. The van der Waals surface area contributed by atoms with Crippen molar-refractivity contribution in [2.24, 2.45) is 10.3 Å². The quantitative estimate of drug-likeness (QED) is 0.351. The maximum atomic E-state index is 13.6. The van der Waals surface area contributed by atoms with E-state index in [9.17, 15) is 23.1 Å². The number of aryl methyl sites for hydroxylation is 1. The van der Waals surface area contributed by atoms with E-state index >= 15 is 0 Å². The Labute approximate surface area is 219 Å². The molecule has 0 radical (unpaired) electrons. The fourth-order valence-corrected chi connectivity index (χ4v) is 5.64. The molecule has 5 rings (SSSR count). The summed E-state index contributed by atoms with van der Waals surface area (Å²) in [7, 11) is -1.45. The molecule has 1 aliphatic heterocycles. The lowest BCUT2D eigenvalue weighted by Crippen LogP contribution is -2.34. The number of methoxy groups -OCH3 is 2. The Morgan fingerprint density at radius 2 is 1.95 bits per heavy atom. The molecule has 1 amide bonds. The zero-order valence-electron chi connectivity index (χ0n) is 20.9. The SMILES string of the molecule is COC(CNC(=O)c1ccc2c(c1)S(=O)(=O)N=C(c1c(O)c3ccccc3n(CCC3CC3)c1=O)N2)OC. The Morgan fingerprint density at radius 1 is 1.21 bits per heavy atom. The number of fused-ring (bicyclic) bond motifs is 2. The zero-order valence-corrected chi connectivity index (χ0v) is 21.7. The van der Waals surface area contributed by atoms with Crippen LogP contribution in [0, 0.1) is 5.92 Å². The summed E-state index contributed by atoms with van der Waals surface area (Å²) < 4.78 is 41.9. The number of pyridine rings is 1. The molecule has 3 aromatic rings. The molecule has 3 N–H and O–H groups in total. The van der Waals surface area contributed by atoms with Gasteiger partial charge in [-0.25, -0.2) is 0 Å². The van der Waals surface area contributed by atoms with Gasteiger partial charge in [0.15, 0.2) is 12.1 Å². The van der Waals surface area contributed by atoms with Crippen LogP contribution in [0.4, 0.5) is 5.69 Å². The molecule has 12 heteroatoms. The lowest BCUT2D eigenvalue weighted by Gasteiger charge is -2.21. The molecular weight excluding hydrogens is 512 g/mol. The van der Waals surface area contributed by atoms with Crippen molar-refractivity contribution >= 4 is 38.4 Å².